The SMILES string of the molecule is Cc1ccccc1C(O)CNS(=O)(=O)CCc1ccccc1. The van der Waals surface area contributed by atoms with Gasteiger partial charge in [0.15, 0.2) is 0 Å². The van der Waals surface area contributed by atoms with Gasteiger partial charge < -0.3 is 5.11 Å². The van der Waals surface area contributed by atoms with Crippen LogP contribution in [-0.4, -0.2) is 25.8 Å². The smallest absolute Gasteiger partial charge is 0.212 e. The molecule has 2 aromatic rings. The summed E-state index contributed by atoms with van der Waals surface area (Å²) in [5, 5.41) is 10.1. The third-order valence-corrected chi connectivity index (χ3v) is 4.89. The van der Waals surface area contributed by atoms with Gasteiger partial charge in [0.25, 0.3) is 0 Å². The van der Waals surface area contributed by atoms with Crippen molar-refractivity contribution in [1.29, 1.82) is 0 Å². The third kappa shape index (κ3) is 4.94. The molecule has 118 valence electrons. The van der Waals surface area contributed by atoms with Crippen LogP contribution in [0.1, 0.15) is 22.8 Å². The summed E-state index contributed by atoms with van der Waals surface area (Å²) in [7, 11) is -3.41. The number of aliphatic hydroxyl groups is 1. The lowest BCUT2D eigenvalue weighted by atomic mass is 10.0. The molecule has 0 spiro atoms. The van der Waals surface area contributed by atoms with Crippen LogP contribution in [0.4, 0.5) is 0 Å². The van der Waals surface area contributed by atoms with Gasteiger partial charge in [-0.1, -0.05) is 54.6 Å². The lowest BCUT2D eigenvalue weighted by Crippen LogP contribution is -2.31. The molecule has 0 heterocycles. The fourth-order valence-electron chi connectivity index (χ4n) is 2.25. The molecule has 2 rings (SSSR count). The topological polar surface area (TPSA) is 66.4 Å². The highest BCUT2D eigenvalue weighted by Gasteiger charge is 2.15. The molecule has 0 aliphatic carbocycles. The molecule has 1 atom stereocenters. The molecule has 5 heteroatoms. The van der Waals surface area contributed by atoms with Gasteiger partial charge in [-0.05, 0) is 30.0 Å². The first-order chi connectivity index (χ1) is 10.5. The van der Waals surface area contributed by atoms with Crippen LogP contribution in [0.3, 0.4) is 0 Å². The van der Waals surface area contributed by atoms with E-state index in [-0.39, 0.29) is 12.3 Å². The number of aryl methyl sites for hydroxylation is 2. The van der Waals surface area contributed by atoms with Gasteiger partial charge in [-0.3, -0.25) is 0 Å². The molecule has 0 radical (unpaired) electrons. The average Bonchev–Trinajstić information content (AvgIpc) is 2.52. The van der Waals surface area contributed by atoms with Crippen LogP contribution in [0.2, 0.25) is 0 Å². The molecule has 2 aromatic carbocycles. The zero-order chi connectivity index (χ0) is 16.0. The van der Waals surface area contributed by atoms with Crippen LogP contribution < -0.4 is 4.72 Å². The Hall–Kier alpha value is -1.69. The second-order valence-corrected chi connectivity index (χ2v) is 7.20. The summed E-state index contributed by atoms with van der Waals surface area (Å²) in [6.07, 6.45) is -0.385. The van der Waals surface area contributed by atoms with E-state index in [1.807, 2.05) is 55.5 Å². The summed E-state index contributed by atoms with van der Waals surface area (Å²) >= 11 is 0. The molecule has 0 amide bonds. The Balaban J connectivity index is 1.88. The molecule has 0 saturated heterocycles. The molecule has 2 N–H and O–H groups in total. The van der Waals surface area contributed by atoms with E-state index >= 15 is 0 Å². The number of benzene rings is 2. The molecule has 0 bridgehead atoms. The first kappa shape index (κ1) is 16.7. The highest BCUT2D eigenvalue weighted by atomic mass is 32.2. The van der Waals surface area contributed by atoms with Crippen LogP contribution in [0.25, 0.3) is 0 Å². The molecule has 0 aromatic heterocycles. The fourth-order valence-corrected chi connectivity index (χ4v) is 3.31. The number of sulfonamides is 1. The van der Waals surface area contributed by atoms with Gasteiger partial charge in [0.05, 0.1) is 11.9 Å². The molecular formula is C17H21NO3S. The van der Waals surface area contributed by atoms with Crippen molar-refractivity contribution in [3.63, 3.8) is 0 Å². The Kier molecular flexibility index (Phi) is 5.71. The number of rotatable bonds is 7. The van der Waals surface area contributed by atoms with Crippen molar-refractivity contribution in [3.05, 3.63) is 71.3 Å². The first-order valence-electron chi connectivity index (χ1n) is 7.23. The zero-order valence-electron chi connectivity index (χ0n) is 12.6. The molecule has 0 aliphatic heterocycles. The van der Waals surface area contributed by atoms with Crippen LogP contribution in [0.15, 0.2) is 54.6 Å². The van der Waals surface area contributed by atoms with Crippen molar-refractivity contribution < 1.29 is 13.5 Å². The van der Waals surface area contributed by atoms with Crippen molar-refractivity contribution in [2.45, 2.75) is 19.4 Å². The van der Waals surface area contributed by atoms with Crippen molar-refractivity contribution in [2.24, 2.45) is 0 Å². The monoisotopic (exact) mass is 319 g/mol. The van der Waals surface area contributed by atoms with E-state index in [1.165, 1.54) is 0 Å². The Labute approximate surface area is 131 Å². The highest BCUT2D eigenvalue weighted by Crippen LogP contribution is 2.16. The Morgan fingerprint density at radius 3 is 2.36 bits per heavy atom. The van der Waals surface area contributed by atoms with Gasteiger partial charge in [-0.25, -0.2) is 13.1 Å². The standard InChI is InChI=1S/C17H21NO3S/c1-14-7-5-6-10-16(14)17(19)13-18-22(20,21)12-11-15-8-3-2-4-9-15/h2-10,17-19H,11-13H2,1H3. The minimum Gasteiger partial charge on any atom is -0.387 e. The third-order valence-electron chi connectivity index (χ3n) is 3.55. The van der Waals surface area contributed by atoms with E-state index in [1.54, 1.807) is 6.07 Å². The second-order valence-electron chi connectivity index (χ2n) is 5.28. The van der Waals surface area contributed by atoms with Crippen LogP contribution in [-0.2, 0) is 16.4 Å². The van der Waals surface area contributed by atoms with Gasteiger partial charge in [0, 0.05) is 6.54 Å². The predicted octanol–water partition coefficient (Wildman–Crippen LogP) is 2.19. The normalized spacial score (nSPS) is 13.0. The average molecular weight is 319 g/mol. The summed E-state index contributed by atoms with van der Waals surface area (Å²) in [5.74, 6) is 0.0114. The lowest BCUT2D eigenvalue weighted by molar-refractivity contribution is 0.181. The van der Waals surface area contributed by atoms with E-state index in [0.29, 0.717) is 6.42 Å². The number of hydrogen-bond acceptors (Lipinski definition) is 3. The quantitative estimate of drug-likeness (QED) is 0.822. The van der Waals surface area contributed by atoms with Crippen LogP contribution >= 0.6 is 0 Å². The maximum absolute atomic E-state index is 12.0. The van der Waals surface area contributed by atoms with E-state index in [9.17, 15) is 13.5 Å². The van der Waals surface area contributed by atoms with Crippen molar-refractivity contribution in [3.8, 4) is 0 Å². The van der Waals surface area contributed by atoms with Crippen molar-refractivity contribution in [1.82, 2.24) is 4.72 Å². The molecule has 0 saturated carbocycles. The molecule has 0 fully saturated rings. The van der Waals surface area contributed by atoms with E-state index < -0.39 is 16.1 Å². The number of nitrogens with one attached hydrogen (secondary N) is 1. The maximum Gasteiger partial charge on any atom is 0.212 e. The maximum atomic E-state index is 12.0. The summed E-state index contributed by atoms with van der Waals surface area (Å²) in [4.78, 5) is 0. The van der Waals surface area contributed by atoms with E-state index in [4.69, 9.17) is 0 Å². The molecule has 0 aliphatic rings. The molecule has 22 heavy (non-hydrogen) atoms. The highest BCUT2D eigenvalue weighted by molar-refractivity contribution is 7.89. The summed E-state index contributed by atoms with van der Waals surface area (Å²) in [5.41, 5.74) is 2.67. The van der Waals surface area contributed by atoms with Gasteiger partial charge in [-0.2, -0.15) is 0 Å². The van der Waals surface area contributed by atoms with Crippen LogP contribution in [0.5, 0.6) is 0 Å². The Morgan fingerprint density at radius 1 is 1.05 bits per heavy atom. The Bertz CT molecular complexity index is 699. The first-order valence-corrected chi connectivity index (χ1v) is 8.88. The Morgan fingerprint density at radius 2 is 1.68 bits per heavy atom. The van der Waals surface area contributed by atoms with Gasteiger partial charge in [-0.15, -0.1) is 0 Å². The van der Waals surface area contributed by atoms with Crippen LogP contribution in [0, 0.1) is 6.92 Å². The largest absolute Gasteiger partial charge is 0.387 e. The van der Waals surface area contributed by atoms with Gasteiger partial charge >= 0.3 is 0 Å². The second kappa shape index (κ2) is 7.54. The molecular weight excluding hydrogens is 298 g/mol. The van der Waals surface area contributed by atoms with E-state index in [2.05, 4.69) is 4.72 Å². The minimum absolute atomic E-state index is 0.0114. The van der Waals surface area contributed by atoms with E-state index in [0.717, 1.165) is 16.7 Å². The molecule has 1 unspecified atom stereocenters. The molecule has 4 nitrogen and oxygen atoms in total. The van der Waals surface area contributed by atoms with Gasteiger partial charge in [0.2, 0.25) is 10.0 Å². The summed E-state index contributed by atoms with van der Waals surface area (Å²) in [6, 6.07) is 16.9. The predicted molar refractivity (Wildman–Crippen MR) is 88.1 cm³/mol. The van der Waals surface area contributed by atoms with Crippen molar-refractivity contribution in [2.75, 3.05) is 12.3 Å². The zero-order valence-corrected chi connectivity index (χ0v) is 13.4. The summed E-state index contributed by atoms with van der Waals surface area (Å²) < 4.78 is 26.5. The van der Waals surface area contributed by atoms with Crippen molar-refractivity contribution >= 4 is 10.0 Å². The lowest BCUT2D eigenvalue weighted by Gasteiger charge is -2.14. The van der Waals surface area contributed by atoms with Gasteiger partial charge in [0.1, 0.15) is 0 Å². The number of hydrogen-bond donors (Lipinski definition) is 2. The number of aliphatic hydroxyl groups excluding tert-OH is 1. The minimum atomic E-state index is -3.41. The fraction of sp³-hybridized carbons (Fsp3) is 0.294. The summed E-state index contributed by atoms with van der Waals surface area (Å²) in [6.45, 7) is 1.88.